The molecule has 7 heteroatoms. The molecule has 84 valence electrons. The lowest BCUT2D eigenvalue weighted by Crippen LogP contribution is -2.10. The number of H-pyrrole nitrogens is 1. The molecule has 2 aromatic heterocycles. The number of carbonyl (C=O) groups is 1. The number of halogens is 2. The minimum absolute atomic E-state index is 0.338. The van der Waals surface area contributed by atoms with Crippen LogP contribution < -0.4 is 5.73 Å². The van der Waals surface area contributed by atoms with E-state index >= 15 is 0 Å². The molecule has 2 aromatic rings. The molecule has 0 unspecified atom stereocenters. The fourth-order valence-electron chi connectivity index (χ4n) is 0.779. The molecule has 0 saturated heterocycles. The second-order valence-corrected chi connectivity index (χ2v) is 2.66. The van der Waals surface area contributed by atoms with Crippen molar-refractivity contribution in [1.82, 2.24) is 15.2 Å². The van der Waals surface area contributed by atoms with Crippen LogP contribution in [-0.2, 0) is 0 Å². The molecule has 0 radical (unpaired) electrons. The van der Waals surface area contributed by atoms with Crippen LogP contribution in [0.1, 0.15) is 10.5 Å². The average molecular weight is 226 g/mol. The summed E-state index contributed by atoms with van der Waals surface area (Å²) in [4.78, 5) is 13.4. The zero-order valence-corrected chi connectivity index (χ0v) is 8.02. The second kappa shape index (κ2) is 5.54. The van der Waals surface area contributed by atoms with Gasteiger partial charge < -0.3 is 5.73 Å². The number of hydrogen-bond acceptors (Lipinski definition) is 3. The lowest BCUT2D eigenvalue weighted by molar-refractivity contribution is 0.0995. The SMILES string of the molecule is Fc1cncc(F)c1.NC(=O)c1ccn[nH]1. The Morgan fingerprint density at radius 1 is 1.31 bits per heavy atom. The third-order valence-electron chi connectivity index (χ3n) is 1.44. The number of aromatic nitrogens is 3. The molecule has 1 amide bonds. The monoisotopic (exact) mass is 226 g/mol. The summed E-state index contributed by atoms with van der Waals surface area (Å²) in [6.07, 6.45) is 3.37. The fourth-order valence-corrected chi connectivity index (χ4v) is 0.779. The third kappa shape index (κ3) is 3.82. The highest BCUT2D eigenvalue weighted by Crippen LogP contribution is 1.96. The third-order valence-corrected chi connectivity index (χ3v) is 1.44. The van der Waals surface area contributed by atoms with E-state index in [1.54, 1.807) is 0 Å². The van der Waals surface area contributed by atoms with E-state index in [0.29, 0.717) is 5.69 Å². The van der Waals surface area contributed by atoms with Crippen LogP contribution in [0, 0.1) is 11.6 Å². The number of aromatic amines is 1. The average Bonchev–Trinajstić information content (AvgIpc) is 2.70. The standard InChI is InChI=1S/C5H3F2N.C4H5N3O/c6-4-1-5(7)3-8-2-4;5-4(8)3-1-2-6-7-3/h1-3H;1-2H,(H2,5,8)(H,6,7). The number of amides is 1. The Morgan fingerprint density at radius 3 is 2.19 bits per heavy atom. The summed E-state index contributed by atoms with van der Waals surface area (Å²) in [6, 6.07) is 2.29. The normalized spacial score (nSPS) is 9.12. The Hall–Kier alpha value is -2.31. The first-order chi connectivity index (χ1) is 7.59. The summed E-state index contributed by atoms with van der Waals surface area (Å²) in [5.41, 5.74) is 5.19. The molecule has 0 atom stereocenters. The number of primary amides is 1. The van der Waals surface area contributed by atoms with Crippen LogP contribution in [0.4, 0.5) is 8.78 Å². The summed E-state index contributed by atoms with van der Waals surface area (Å²) in [7, 11) is 0. The van der Waals surface area contributed by atoms with Crippen LogP contribution in [0.3, 0.4) is 0 Å². The number of carbonyl (C=O) groups excluding carboxylic acids is 1. The lowest BCUT2D eigenvalue weighted by Gasteiger charge is -1.83. The predicted octanol–water partition coefficient (Wildman–Crippen LogP) is 0.868. The van der Waals surface area contributed by atoms with Crippen LogP contribution in [0.25, 0.3) is 0 Å². The van der Waals surface area contributed by atoms with Crippen molar-refractivity contribution in [3.63, 3.8) is 0 Å². The molecule has 0 saturated carbocycles. The van der Waals surface area contributed by atoms with Gasteiger partial charge in [0.1, 0.15) is 17.3 Å². The fraction of sp³-hybridized carbons (Fsp3) is 0. The molecule has 16 heavy (non-hydrogen) atoms. The Balaban J connectivity index is 0.000000160. The van der Waals surface area contributed by atoms with Crippen LogP contribution in [0.2, 0.25) is 0 Å². The first-order valence-corrected chi connectivity index (χ1v) is 4.15. The van der Waals surface area contributed by atoms with Crippen molar-refractivity contribution < 1.29 is 13.6 Å². The Morgan fingerprint density at radius 2 is 1.94 bits per heavy atom. The highest BCUT2D eigenvalue weighted by Gasteiger charge is 1.96. The number of nitrogens with zero attached hydrogens (tertiary/aromatic N) is 2. The van der Waals surface area contributed by atoms with Crippen molar-refractivity contribution in [2.45, 2.75) is 0 Å². The van der Waals surface area contributed by atoms with E-state index in [9.17, 15) is 13.6 Å². The van der Waals surface area contributed by atoms with E-state index in [0.717, 1.165) is 18.5 Å². The van der Waals surface area contributed by atoms with Gasteiger partial charge in [-0.2, -0.15) is 5.10 Å². The number of rotatable bonds is 1. The topological polar surface area (TPSA) is 84.7 Å². The molecule has 2 rings (SSSR count). The van der Waals surface area contributed by atoms with E-state index in [4.69, 9.17) is 5.73 Å². The summed E-state index contributed by atoms with van der Waals surface area (Å²) >= 11 is 0. The molecular weight excluding hydrogens is 218 g/mol. The van der Waals surface area contributed by atoms with E-state index < -0.39 is 17.5 Å². The Kier molecular flexibility index (Phi) is 4.07. The minimum atomic E-state index is -0.648. The highest BCUT2D eigenvalue weighted by atomic mass is 19.1. The molecule has 0 bridgehead atoms. The number of nitrogens with two attached hydrogens (primary N) is 1. The molecule has 0 spiro atoms. The zero-order valence-electron chi connectivity index (χ0n) is 8.02. The summed E-state index contributed by atoms with van der Waals surface area (Å²) < 4.78 is 23.7. The summed E-state index contributed by atoms with van der Waals surface area (Å²) in [5, 5.41) is 5.93. The van der Waals surface area contributed by atoms with Gasteiger partial charge in [0.05, 0.1) is 12.4 Å². The molecule has 0 aromatic carbocycles. The first kappa shape index (κ1) is 11.8. The smallest absolute Gasteiger partial charge is 0.266 e. The molecule has 0 aliphatic carbocycles. The molecule has 5 nitrogen and oxygen atoms in total. The van der Waals surface area contributed by atoms with E-state index in [1.807, 2.05) is 0 Å². The van der Waals surface area contributed by atoms with Gasteiger partial charge in [0.2, 0.25) is 0 Å². The van der Waals surface area contributed by atoms with Crippen molar-refractivity contribution in [1.29, 1.82) is 0 Å². The molecule has 3 N–H and O–H groups in total. The largest absolute Gasteiger partial charge is 0.364 e. The second-order valence-electron chi connectivity index (χ2n) is 2.66. The number of hydrogen-bond donors (Lipinski definition) is 2. The zero-order chi connectivity index (χ0) is 12.0. The quantitative estimate of drug-likeness (QED) is 0.756. The van der Waals surface area contributed by atoms with E-state index in [-0.39, 0.29) is 0 Å². The summed E-state index contributed by atoms with van der Waals surface area (Å²) in [5.74, 6) is -1.78. The van der Waals surface area contributed by atoms with Gasteiger partial charge in [0, 0.05) is 12.3 Å². The highest BCUT2D eigenvalue weighted by molar-refractivity contribution is 5.90. The van der Waals surface area contributed by atoms with Gasteiger partial charge in [-0.25, -0.2) is 8.78 Å². The number of pyridine rings is 1. The maximum absolute atomic E-state index is 11.9. The van der Waals surface area contributed by atoms with Crippen molar-refractivity contribution in [3.8, 4) is 0 Å². The predicted molar refractivity (Wildman–Crippen MR) is 51.3 cm³/mol. The Labute approximate surface area is 89.3 Å². The van der Waals surface area contributed by atoms with Crippen molar-refractivity contribution in [2.75, 3.05) is 0 Å². The lowest BCUT2D eigenvalue weighted by atomic mass is 10.4. The van der Waals surface area contributed by atoms with Gasteiger partial charge in [-0.1, -0.05) is 0 Å². The Bertz CT molecular complexity index is 441. The van der Waals surface area contributed by atoms with Gasteiger partial charge in [-0.3, -0.25) is 14.9 Å². The molecular formula is C9H8F2N4O. The molecule has 0 aliphatic heterocycles. The van der Waals surface area contributed by atoms with Gasteiger partial charge in [0.15, 0.2) is 0 Å². The van der Waals surface area contributed by atoms with E-state index in [1.165, 1.54) is 12.3 Å². The minimum Gasteiger partial charge on any atom is -0.364 e. The van der Waals surface area contributed by atoms with Crippen LogP contribution >= 0.6 is 0 Å². The van der Waals surface area contributed by atoms with Crippen molar-refractivity contribution in [2.24, 2.45) is 5.73 Å². The van der Waals surface area contributed by atoms with E-state index in [2.05, 4.69) is 15.2 Å². The van der Waals surface area contributed by atoms with Crippen molar-refractivity contribution >= 4 is 5.91 Å². The van der Waals surface area contributed by atoms with Crippen LogP contribution in [-0.4, -0.2) is 21.1 Å². The molecule has 0 fully saturated rings. The van der Waals surface area contributed by atoms with Gasteiger partial charge >= 0.3 is 0 Å². The van der Waals surface area contributed by atoms with Gasteiger partial charge in [0.25, 0.3) is 5.91 Å². The van der Waals surface area contributed by atoms with Crippen LogP contribution in [0.5, 0.6) is 0 Å². The van der Waals surface area contributed by atoms with Gasteiger partial charge in [-0.15, -0.1) is 0 Å². The van der Waals surface area contributed by atoms with Crippen molar-refractivity contribution in [3.05, 3.63) is 48.1 Å². The first-order valence-electron chi connectivity index (χ1n) is 4.15. The summed E-state index contributed by atoms with van der Waals surface area (Å²) in [6.45, 7) is 0. The maximum Gasteiger partial charge on any atom is 0.266 e. The number of nitrogens with one attached hydrogen (secondary N) is 1. The van der Waals surface area contributed by atoms with Gasteiger partial charge in [-0.05, 0) is 6.07 Å². The molecule has 2 heterocycles. The maximum atomic E-state index is 11.9. The molecule has 0 aliphatic rings. The van der Waals surface area contributed by atoms with Crippen LogP contribution in [0.15, 0.2) is 30.7 Å².